The predicted octanol–water partition coefficient (Wildman–Crippen LogP) is 2.70. The van der Waals surface area contributed by atoms with Crippen LogP contribution < -0.4 is 5.32 Å². The fraction of sp³-hybridized carbons (Fsp3) is 0.150. The Kier molecular flexibility index (Phi) is 4.01. The van der Waals surface area contributed by atoms with Crippen molar-refractivity contribution in [3.63, 3.8) is 0 Å². The first-order chi connectivity index (χ1) is 12.6. The summed E-state index contributed by atoms with van der Waals surface area (Å²) in [6.45, 7) is 0.225. The van der Waals surface area contributed by atoms with Crippen LogP contribution in [0.5, 0.6) is 0 Å². The predicted molar refractivity (Wildman–Crippen MR) is 96.8 cm³/mol. The first-order valence-electron chi connectivity index (χ1n) is 8.31. The smallest absolute Gasteiger partial charge is 0.339 e. The fourth-order valence-corrected chi connectivity index (χ4v) is 3.22. The number of fused-ring (bicyclic) bond motifs is 2. The Morgan fingerprint density at radius 3 is 2.19 bits per heavy atom. The molecule has 0 atom stereocenters. The van der Waals surface area contributed by atoms with Crippen molar-refractivity contribution in [2.24, 2.45) is 0 Å². The zero-order chi connectivity index (χ0) is 18.1. The van der Waals surface area contributed by atoms with Crippen molar-refractivity contribution in [3.05, 3.63) is 60.2 Å². The molecule has 3 aromatic carbocycles. The Balaban J connectivity index is 1.67. The minimum atomic E-state index is -0.578. The highest BCUT2D eigenvalue weighted by molar-refractivity contribution is 6.16. The van der Waals surface area contributed by atoms with Gasteiger partial charge in [0.15, 0.2) is 6.61 Å². The molecule has 26 heavy (non-hydrogen) atoms. The molecule has 0 radical (unpaired) electrons. The van der Waals surface area contributed by atoms with E-state index in [0.717, 1.165) is 26.4 Å². The molecule has 0 aromatic heterocycles. The summed E-state index contributed by atoms with van der Waals surface area (Å²) in [7, 11) is 0. The first-order valence-corrected chi connectivity index (χ1v) is 8.31. The topological polar surface area (TPSA) is 75.7 Å². The molecule has 1 fully saturated rings. The summed E-state index contributed by atoms with van der Waals surface area (Å²) in [5.74, 6) is -1.11. The average molecular weight is 348 g/mol. The molecule has 0 bridgehead atoms. The van der Waals surface area contributed by atoms with E-state index in [-0.39, 0.29) is 6.54 Å². The van der Waals surface area contributed by atoms with Crippen LogP contribution in [0.3, 0.4) is 0 Å². The van der Waals surface area contributed by atoms with Gasteiger partial charge in [0.1, 0.15) is 0 Å². The Morgan fingerprint density at radius 1 is 1.00 bits per heavy atom. The Morgan fingerprint density at radius 2 is 1.62 bits per heavy atom. The Bertz CT molecular complexity index is 990. The Hall–Kier alpha value is -3.41. The monoisotopic (exact) mass is 348 g/mol. The number of hydrogen-bond donors (Lipinski definition) is 1. The molecule has 0 spiro atoms. The van der Waals surface area contributed by atoms with E-state index in [4.69, 9.17) is 4.74 Å². The van der Waals surface area contributed by atoms with Gasteiger partial charge in [-0.25, -0.2) is 9.59 Å². The number of ether oxygens (including phenoxy) is 1. The van der Waals surface area contributed by atoms with E-state index in [9.17, 15) is 14.4 Å². The number of esters is 1. The van der Waals surface area contributed by atoms with E-state index in [0.29, 0.717) is 12.1 Å². The molecular formula is C20H16N2O4. The van der Waals surface area contributed by atoms with Crippen molar-refractivity contribution in [3.8, 4) is 0 Å². The highest BCUT2D eigenvalue weighted by Crippen LogP contribution is 2.29. The molecule has 1 aliphatic rings. The van der Waals surface area contributed by atoms with Crippen molar-refractivity contribution in [1.29, 1.82) is 0 Å². The maximum atomic E-state index is 12.8. The van der Waals surface area contributed by atoms with Crippen molar-refractivity contribution < 1.29 is 19.1 Å². The molecular weight excluding hydrogens is 332 g/mol. The van der Waals surface area contributed by atoms with Gasteiger partial charge in [-0.1, -0.05) is 48.5 Å². The highest BCUT2D eigenvalue weighted by Gasteiger charge is 2.27. The van der Waals surface area contributed by atoms with Gasteiger partial charge < -0.3 is 10.1 Å². The van der Waals surface area contributed by atoms with Gasteiger partial charge in [-0.05, 0) is 27.6 Å². The number of benzene rings is 3. The Labute approximate surface area is 149 Å². The van der Waals surface area contributed by atoms with Crippen LogP contribution in [0.1, 0.15) is 10.4 Å². The lowest BCUT2D eigenvalue weighted by molar-refractivity contribution is -0.130. The van der Waals surface area contributed by atoms with Crippen LogP contribution in [0.4, 0.5) is 4.79 Å². The van der Waals surface area contributed by atoms with Gasteiger partial charge in [-0.2, -0.15) is 0 Å². The van der Waals surface area contributed by atoms with Crippen LogP contribution in [0, 0.1) is 0 Å². The van der Waals surface area contributed by atoms with E-state index in [1.54, 1.807) is 0 Å². The van der Waals surface area contributed by atoms with Gasteiger partial charge in [-0.15, -0.1) is 0 Å². The maximum Gasteiger partial charge on any atom is 0.339 e. The van der Waals surface area contributed by atoms with Crippen molar-refractivity contribution in [1.82, 2.24) is 10.2 Å². The molecule has 0 saturated carbocycles. The van der Waals surface area contributed by atoms with Gasteiger partial charge in [0.05, 0.1) is 5.56 Å². The van der Waals surface area contributed by atoms with Crippen LogP contribution in [-0.2, 0) is 9.53 Å². The first kappa shape index (κ1) is 16.1. The van der Waals surface area contributed by atoms with Crippen LogP contribution in [0.25, 0.3) is 21.5 Å². The summed E-state index contributed by atoms with van der Waals surface area (Å²) < 4.78 is 5.26. The van der Waals surface area contributed by atoms with Crippen LogP contribution in [-0.4, -0.2) is 42.5 Å². The third kappa shape index (κ3) is 2.75. The van der Waals surface area contributed by atoms with Crippen LogP contribution in [0.2, 0.25) is 0 Å². The number of nitrogens with one attached hydrogen (secondary N) is 1. The van der Waals surface area contributed by atoms with Gasteiger partial charge in [0, 0.05) is 13.1 Å². The maximum absolute atomic E-state index is 12.8. The molecule has 0 unspecified atom stereocenters. The number of imide groups is 1. The van der Waals surface area contributed by atoms with Gasteiger partial charge in [0.25, 0.3) is 5.91 Å². The van der Waals surface area contributed by atoms with Gasteiger partial charge in [0.2, 0.25) is 0 Å². The summed E-state index contributed by atoms with van der Waals surface area (Å²) in [6, 6.07) is 16.6. The second kappa shape index (κ2) is 6.48. The number of carbonyl (C=O) groups is 3. The number of rotatable bonds is 3. The third-order valence-corrected chi connectivity index (χ3v) is 4.46. The molecule has 4 rings (SSSR count). The molecule has 6 heteroatoms. The lowest BCUT2D eigenvalue weighted by Gasteiger charge is -2.14. The van der Waals surface area contributed by atoms with Gasteiger partial charge in [-0.3, -0.25) is 9.69 Å². The normalized spacial score (nSPS) is 13.8. The zero-order valence-corrected chi connectivity index (χ0v) is 13.9. The second-order valence-corrected chi connectivity index (χ2v) is 6.05. The molecule has 1 N–H and O–H groups in total. The van der Waals surface area contributed by atoms with E-state index in [1.807, 2.05) is 54.6 Å². The minimum Gasteiger partial charge on any atom is -0.452 e. The second-order valence-electron chi connectivity index (χ2n) is 6.05. The van der Waals surface area contributed by atoms with Crippen molar-refractivity contribution >= 4 is 39.5 Å². The SMILES string of the molecule is O=C(OCC(=O)N1CCNC1=O)c1c2ccccc2cc2ccccc12. The molecule has 1 heterocycles. The number of hydrogen-bond acceptors (Lipinski definition) is 4. The summed E-state index contributed by atoms with van der Waals surface area (Å²) in [4.78, 5) is 37.5. The molecule has 3 amide bonds. The summed E-state index contributed by atoms with van der Waals surface area (Å²) >= 11 is 0. The molecule has 6 nitrogen and oxygen atoms in total. The van der Waals surface area contributed by atoms with Crippen molar-refractivity contribution in [2.75, 3.05) is 19.7 Å². The van der Waals surface area contributed by atoms with Crippen LogP contribution >= 0.6 is 0 Å². The molecule has 3 aromatic rings. The largest absolute Gasteiger partial charge is 0.452 e. The molecule has 130 valence electrons. The van der Waals surface area contributed by atoms with E-state index >= 15 is 0 Å². The number of nitrogens with zero attached hydrogens (tertiary/aromatic N) is 1. The molecule has 0 aliphatic carbocycles. The third-order valence-electron chi connectivity index (χ3n) is 4.46. The summed E-state index contributed by atoms with van der Waals surface area (Å²) in [5.41, 5.74) is 0.428. The molecule has 1 aliphatic heterocycles. The quantitative estimate of drug-likeness (QED) is 0.583. The standard InChI is InChI=1S/C20H16N2O4/c23-17(22-10-9-21-20(22)25)12-26-19(24)18-15-7-3-1-5-13(15)11-14-6-2-4-8-16(14)18/h1-8,11H,9-10,12H2,(H,21,25). The van der Waals surface area contributed by atoms with E-state index in [1.165, 1.54) is 0 Å². The lowest BCUT2D eigenvalue weighted by Crippen LogP contribution is -2.37. The van der Waals surface area contributed by atoms with Gasteiger partial charge >= 0.3 is 12.0 Å². The number of amides is 3. The summed E-state index contributed by atoms with van der Waals surface area (Å²) in [5, 5.41) is 5.92. The zero-order valence-electron chi connectivity index (χ0n) is 13.9. The summed E-state index contributed by atoms with van der Waals surface area (Å²) in [6.07, 6.45) is 0. The highest BCUT2D eigenvalue weighted by atomic mass is 16.5. The molecule has 1 saturated heterocycles. The number of carbonyl (C=O) groups excluding carboxylic acids is 3. The van der Waals surface area contributed by atoms with Crippen LogP contribution in [0.15, 0.2) is 54.6 Å². The van der Waals surface area contributed by atoms with E-state index < -0.39 is 24.5 Å². The van der Waals surface area contributed by atoms with Crippen molar-refractivity contribution in [2.45, 2.75) is 0 Å². The minimum absolute atomic E-state index is 0.284. The van der Waals surface area contributed by atoms with E-state index in [2.05, 4.69) is 5.32 Å². The lowest BCUT2D eigenvalue weighted by atomic mass is 9.97. The average Bonchev–Trinajstić information content (AvgIpc) is 3.10. The number of urea groups is 1. The fourth-order valence-electron chi connectivity index (χ4n) is 3.22.